The summed E-state index contributed by atoms with van der Waals surface area (Å²) in [5, 5.41) is 11.3. The lowest BCUT2D eigenvalue weighted by Gasteiger charge is -2.07. The normalized spacial score (nSPS) is 10.6. The molecular weight excluding hydrogens is 250 g/mol. The molecule has 0 rings (SSSR count). The summed E-state index contributed by atoms with van der Waals surface area (Å²) < 4.78 is 15.8. The number of aliphatic hydroxyl groups is 1. The third kappa shape index (κ3) is 15.3. The Kier molecular flexibility index (Phi) is 14.8. The van der Waals surface area contributed by atoms with Gasteiger partial charge in [0.25, 0.3) is 0 Å². The third-order valence-electron chi connectivity index (χ3n) is 2.22. The van der Waals surface area contributed by atoms with Crippen LogP contribution in [0.2, 0.25) is 0 Å². The van der Waals surface area contributed by atoms with Crippen molar-refractivity contribution in [2.75, 3.05) is 52.8 Å². The van der Waals surface area contributed by atoms with Crippen LogP contribution in [0.15, 0.2) is 0 Å². The van der Waals surface area contributed by atoms with Crippen LogP contribution >= 0.6 is 0 Å². The number of nitrogens with one attached hydrogen (secondary N) is 1. The largest absolute Gasteiger partial charge is 0.396 e. The quantitative estimate of drug-likeness (QED) is 0.448. The first-order valence-corrected chi connectivity index (χ1v) is 6.92. The van der Waals surface area contributed by atoms with Gasteiger partial charge in [-0.25, -0.2) is 0 Å². The van der Waals surface area contributed by atoms with Gasteiger partial charge in [0.2, 0.25) is 5.91 Å². The van der Waals surface area contributed by atoms with Crippen molar-refractivity contribution in [1.29, 1.82) is 0 Å². The zero-order valence-corrected chi connectivity index (χ0v) is 11.9. The first-order chi connectivity index (χ1) is 9.31. The molecule has 0 saturated heterocycles. The van der Waals surface area contributed by atoms with Gasteiger partial charge >= 0.3 is 0 Å². The second-order valence-corrected chi connectivity index (χ2v) is 4.01. The molecule has 0 unspecified atom stereocenters. The molecule has 0 aromatic heterocycles. The van der Waals surface area contributed by atoms with E-state index in [-0.39, 0.29) is 12.5 Å². The Balaban J connectivity index is 3.04. The van der Waals surface area contributed by atoms with Crippen LogP contribution in [0.4, 0.5) is 0 Å². The van der Waals surface area contributed by atoms with E-state index in [1.165, 1.54) is 0 Å². The molecule has 6 nitrogen and oxygen atoms in total. The van der Waals surface area contributed by atoms with Gasteiger partial charge in [-0.05, 0) is 12.8 Å². The topological polar surface area (TPSA) is 77.0 Å². The number of aliphatic hydroxyl groups excluding tert-OH is 1. The Morgan fingerprint density at radius 1 is 1.00 bits per heavy atom. The summed E-state index contributed by atoms with van der Waals surface area (Å²) in [6, 6.07) is 0. The molecule has 0 aliphatic heterocycles. The lowest BCUT2D eigenvalue weighted by Crippen LogP contribution is -2.27. The highest BCUT2D eigenvalue weighted by molar-refractivity contribution is 5.75. The average molecular weight is 277 g/mol. The number of hydrogen-bond acceptors (Lipinski definition) is 5. The minimum Gasteiger partial charge on any atom is -0.396 e. The van der Waals surface area contributed by atoms with E-state index in [9.17, 15) is 4.79 Å². The molecule has 0 fully saturated rings. The molecule has 0 spiro atoms. The van der Waals surface area contributed by atoms with E-state index in [0.29, 0.717) is 52.4 Å². The van der Waals surface area contributed by atoms with Gasteiger partial charge in [0.1, 0.15) is 0 Å². The van der Waals surface area contributed by atoms with Crippen molar-refractivity contribution in [3.63, 3.8) is 0 Å². The smallest absolute Gasteiger partial charge is 0.220 e. The van der Waals surface area contributed by atoms with Crippen molar-refractivity contribution in [1.82, 2.24) is 5.32 Å². The summed E-state index contributed by atoms with van der Waals surface area (Å²) in [5.41, 5.74) is 0. The number of hydrogen-bond donors (Lipinski definition) is 2. The predicted molar refractivity (Wildman–Crippen MR) is 72.1 cm³/mol. The molecule has 0 radical (unpaired) electrons. The van der Waals surface area contributed by atoms with Crippen LogP contribution in [0.25, 0.3) is 0 Å². The molecule has 1 amide bonds. The van der Waals surface area contributed by atoms with E-state index >= 15 is 0 Å². The van der Waals surface area contributed by atoms with E-state index in [1.807, 2.05) is 0 Å². The first-order valence-electron chi connectivity index (χ1n) is 6.92. The van der Waals surface area contributed by atoms with E-state index < -0.39 is 0 Å². The number of carbonyl (C=O) groups is 1. The van der Waals surface area contributed by atoms with Crippen LogP contribution in [0.3, 0.4) is 0 Å². The molecule has 0 bridgehead atoms. The molecule has 0 aliphatic rings. The van der Waals surface area contributed by atoms with Crippen molar-refractivity contribution >= 4 is 5.91 Å². The van der Waals surface area contributed by atoms with Gasteiger partial charge in [0.05, 0.1) is 33.0 Å². The van der Waals surface area contributed by atoms with Crippen LogP contribution in [0.1, 0.15) is 26.2 Å². The molecule has 0 saturated carbocycles. The maximum absolute atomic E-state index is 11.1. The van der Waals surface area contributed by atoms with Crippen molar-refractivity contribution < 1.29 is 24.1 Å². The van der Waals surface area contributed by atoms with Crippen molar-refractivity contribution in [3.05, 3.63) is 0 Å². The number of ether oxygens (including phenoxy) is 3. The highest BCUT2D eigenvalue weighted by atomic mass is 16.5. The van der Waals surface area contributed by atoms with E-state index in [0.717, 1.165) is 13.0 Å². The molecule has 0 atom stereocenters. The fraction of sp³-hybridized carbons (Fsp3) is 0.923. The first kappa shape index (κ1) is 18.3. The zero-order valence-electron chi connectivity index (χ0n) is 11.9. The van der Waals surface area contributed by atoms with Crippen LogP contribution in [0.5, 0.6) is 0 Å². The Morgan fingerprint density at radius 2 is 1.58 bits per heavy atom. The fourth-order valence-corrected chi connectivity index (χ4v) is 1.28. The van der Waals surface area contributed by atoms with Gasteiger partial charge < -0.3 is 24.6 Å². The molecule has 19 heavy (non-hydrogen) atoms. The lowest BCUT2D eigenvalue weighted by atomic mass is 10.3. The van der Waals surface area contributed by atoms with E-state index in [2.05, 4.69) is 12.2 Å². The van der Waals surface area contributed by atoms with Gasteiger partial charge in [0.15, 0.2) is 0 Å². The third-order valence-corrected chi connectivity index (χ3v) is 2.22. The number of amides is 1. The maximum atomic E-state index is 11.1. The summed E-state index contributed by atoms with van der Waals surface area (Å²) in [4.78, 5) is 11.1. The summed E-state index contributed by atoms with van der Waals surface area (Å²) >= 11 is 0. The highest BCUT2D eigenvalue weighted by Gasteiger charge is 1.99. The van der Waals surface area contributed by atoms with Crippen molar-refractivity contribution in [2.45, 2.75) is 26.2 Å². The minimum absolute atomic E-state index is 0.0449. The molecular formula is C13H27NO5. The van der Waals surface area contributed by atoms with Gasteiger partial charge in [-0.15, -0.1) is 0 Å². The monoisotopic (exact) mass is 277 g/mol. The predicted octanol–water partition coefficient (Wildman–Crippen LogP) is 0.335. The van der Waals surface area contributed by atoms with Crippen molar-refractivity contribution in [2.24, 2.45) is 0 Å². The van der Waals surface area contributed by atoms with Gasteiger partial charge in [-0.1, -0.05) is 6.92 Å². The van der Waals surface area contributed by atoms with E-state index in [4.69, 9.17) is 19.3 Å². The van der Waals surface area contributed by atoms with Gasteiger partial charge in [-0.3, -0.25) is 4.79 Å². The van der Waals surface area contributed by atoms with Gasteiger partial charge in [-0.2, -0.15) is 0 Å². The van der Waals surface area contributed by atoms with Crippen LogP contribution in [-0.2, 0) is 19.0 Å². The summed E-state index contributed by atoms with van der Waals surface area (Å²) in [6.45, 7) is 6.10. The average Bonchev–Trinajstić information content (AvgIpc) is 2.42. The van der Waals surface area contributed by atoms with Crippen LogP contribution < -0.4 is 5.32 Å². The Hall–Kier alpha value is -0.690. The SMILES string of the molecule is CCCOCCOCCOCCNC(=O)CCCO. The summed E-state index contributed by atoms with van der Waals surface area (Å²) in [5.74, 6) is -0.0537. The highest BCUT2D eigenvalue weighted by Crippen LogP contribution is 1.86. The zero-order chi connectivity index (χ0) is 14.2. The Labute approximate surface area is 115 Å². The van der Waals surface area contributed by atoms with Crippen LogP contribution in [0, 0.1) is 0 Å². The molecule has 6 heteroatoms. The molecule has 0 aromatic rings. The fourth-order valence-electron chi connectivity index (χ4n) is 1.28. The van der Waals surface area contributed by atoms with Crippen molar-refractivity contribution in [3.8, 4) is 0 Å². The molecule has 0 aromatic carbocycles. The second kappa shape index (κ2) is 15.4. The summed E-state index contributed by atoms with van der Waals surface area (Å²) in [6.07, 6.45) is 1.88. The summed E-state index contributed by atoms with van der Waals surface area (Å²) in [7, 11) is 0. The van der Waals surface area contributed by atoms with Crippen LogP contribution in [-0.4, -0.2) is 63.8 Å². The molecule has 0 heterocycles. The number of rotatable bonds is 14. The molecule has 114 valence electrons. The Morgan fingerprint density at radius 3 is 2.16 bits per heavy atom. The molecule has 0 aliphatic carbocycles. The minimum atomic E-state index is -0.0537. The number of carbonyl (C=O) groups excluding carboxylic acids is 1. The maximum Gasteiger partial charge on any atom is 0.220 e. The van der Waals surface area contributed by atoms with Gasteiger partial charge in [0, 0.05) is 26.2 Å². The standard InChI is InChI=1S/C13H27NO5/c1-2-7-17-9-11-19-12-10-18-8-5-14-13(16)4-3-6-15/h15H,2-12H2,1H3,(H,14,16). The van der Waals surface area contributed by atoms with E-state index in [1.54, 1.807) is 0 Å². The second-order valence-electron chi connectivity index (χ2n) is 4.01. The lowest BCUT2D eigenvalue weighted by molar-refractivity contribution is -0.121. The Bertz CT molecular complexity index is 201. The molecule has 2 N–H and O–H groups in total.